The zero-order valence-corrected chi connectivity index (χ0v) is 17.9. The molecular formula is C22H28N2O5. The van der Waals surface area contributed by atoms with Crippen molar-refractivity contribution in [2.24, 2.45) is 0 Å². The molecule has 1 aromatic carbocycles. The smallest absolute Gasteiger partial charge is 0.355 e. The van der Waals surface area contributed by atoms with E-state index in [4.69, 9.17) is 9.47 Å². The fraction of sp³-hybridized carbons (Fsp3) is 0.409. The molecule has 0 unspecified atom stereocenters. The molecule has 1 atom stereocenters. The van der Waals surface area contributed by atoms with Gasteiger partial charge in [0.05, 0.1) is 11.7 Å². The normalized spacial score (nSPS) is 11.9. The number of esters is 2. The molecule has 0 saturated heterocycles. The molecule has 0 aliphatic carbocycles. The third kappa shape index (κ3) is 5.04. The van der Waals surface area contributed by atoms with E-state index in [0.29, 0.717) is 22.5 Å². The lowest BCUT2D eigenvalue weighted by atomic mass is 10.1. The summed E-state index contributed by atoms with van der Waals surface area (Å²) < 4.78 is 10.5. The van der Waals surface area contributed by atoms with E-state index in [1.54, 1.807) is 27.7 Å². The van der Waals surface area contributed by atoms with Crippen LogP contribution in [0, 0.1) is 27.7 Å². The molecule has 2 rings (SSSR count). The maximum absolute atomic E-state index is 12.6. The molecule has 0 fully saturated rings. The summed E-state index contributed by atoms with van der Waals surface area (Å²) in [6.45, 7) is 12.1. The molecule has 0 aliphatic rings. The van der Waals surface area contributed by atoms with Crippen LogP contribution in [0.4, 0.5) is 5.69 Å². The van der Waals surface area contributed by atoms with E-state index < -0.39 is 23.9 Å². The molecule has 1 heterocycles. The first-order valence-electron chi connectivity index (χ1n) is 9.51. The number of carbonyl (C=O) groups excluding carboxylic acids is 3. The Bertz CT molecular complexity index is 923. The lowest BCUT2D eigenvalue weighted by molar-refractivity contribution is -0.123. The molecule has 7 nitrogen and oxygen atoms in total. The summed E-state index contributed by atoms with van der Waals surface area (Å²) in [5, 5.41) is 2.81. The molecule has 1 amide bonds. The Balaban J connectivity index is 2.13. The average Bonchev–Trinajstić information content (AvgIpc) is 2.91. The highest BCUT2D eigenvalue weighted by Gasteiger charge is 2.27. The lowest BCUT2D eigenvalue weighted by Crippen LogP contribution is -2.30. The maximum Gasteiger partial charge on any atom is 0.355 e. The van der Waals surface area contributed by atoms with Gasteiger partial charge in [-0.3, -0.25) is 4.79 Å². The number of amides is 1. The van der Waals surface area contributed by atoms with Crippen molar-refractivity contribution in [2.75, 3.05) is 5.32 Å². The van der Waals surface area contributed by atoms with Crippen LogP contribution in [0.3, 0.4) is 0 Å². The van der Waals surface area contributed by atoms with Gasteiger partial charge >= 0.3 is 11.9 Å². The predicted octanol–water partition coefficient (Wildman–Crippen LogP) is 4.00. The van der Waals surface area contributed by atoms with Crippen LogP contribution in [0.5, 0.6) is 0 Å². The van der Waals surface area contributed by atoms with Crippen molar-refractivity contribution in [1.82, 2.24) is 4.98 Å². The van der Waals surface area contributed by atoms with Gasteiger partial charge in [0.1, 0.15) is 5.69 Å². The van der Waals surface area contributed by atoms with Gasteiger partial charge in [-0.2, -0.15) is 0 Å². The lowest BCUT2D eigenvalue weighted by Gasteiger charge is -2.16. The maximum atomic E-state index is 12.6. The number of ether oxygens (including phenoxy) is 2. The first-order chi connectivity index (χ1) is 13.5. The van der Waals surface area contributed by atoms with Crippen LogP contribution in [0.15, 0.2) is 18.2 Å². The van der Waals surface area contributed by atoms with Gasteiger partial charge < -0.3 is 19.8 Å². The zero-order chi connectivity index (χ0) is 21.9. The van der Waals surface area contributed by atoms with Crippen molar-refractivity contribution in [3.63, 3.8) is 0 Å². The number of carbonyl (C=O) groups is 3. The fourth-order valence-electron chi connectivity index (χ4n) is 3.04. The number of benzene rings is 1. The summed E-state index contributed by atoms with van der Waals surface area (Å²) in [6, 6.07) is 5.69. The number of H-pyrrole nitrogens is 1. The largest absolute Gasteiger partial charge is 0.459 e. The van der Waals surface area contributed by atoms with Crippen molar-refractivity contribution < 1.29 is 23.9 Å². The van der Waals surface area contributed by atoms with Gasteiger partial charge in [0.25, 0.3) is 5.91 Å². The number of hydrogen-bond acceptors (Lipinski definition) is 5. The van der Waals surface area contributed by atoms with Gasteiger partial charge in [-0.1, -0.05) is 18.2 Å². The molecule has 156 valence electrons. The molecule has 0 saturated carbocycles. The van der Waals surface area contributed by atoms with Crippen LogP contribution in [-0.4, -0.2) is 35.0 Å². The summed E-state index contributed by atoms with van der Waals surface area (Å²) in [4.78, 5) is 40.2. The van der Waals surface area contributed by atoms with Gasteiger partial charge in [0, 0.05) is 11.4 Å². The Kier molecular flexibility index (Phi) is 6.84. The zero-order valence-electron chi connectivity index (χ0n) is 17.9. The highest BCUT2D eigenvalue weighted by atomic mass is 16.6. The Morgan fingerprint density at radius 2 is 1.52 bits per heavy atom. The van der Waals surface area contributed by atoms with Gasteiger partial charge in [-0.25, -0.2) is 9.59 Å². The number of aromatic nitrogens is 1. The quantitative estimate of drug-likeness (QED) is 0.715. The molecule has 0 radical (unpaired) electrons. The Hall–Kier alpha value is -3.09. The number of nitrogens with one attached hydrogen (secondary N) is 2. The standard InChI is InChI=1S/C22H28N2O5/c1-11(2)28-21(26)17-14(5)19(23-15(17)6)22(27)29-16(7)20(25)24-18-12(3)9-8-10-13(18)4/h8-11,16,23H,1-7H3,(H,24,25)/t16-/m0/s1. The van der Waals surface area contributed by atoms with Crippen molar-refractivity contribution >= 4 is 23.5 Å². The molecule has 7 heteroatoms. The minimum Gasteiger partial charge on any atom is -0.459 e. The van der Waals surface area contributed by atoms with E-state index in [9.17, 15) is 14.4 Å². The molecule has 0 aliphatic heterocycles. The minimum atomic E-state index is -1.02. The SMILES string of the molecule is Cc1cccc(C)c1NC(=O)[C@H](C)OC(=O)c1[nH]c(C)c(C(=O)OC(C)C)c1C. The second kappa shape index (κ2) is 8.94. The van der Waals surface area contributed by atoms with E-state index in [-0.39, 0.29) is 11.8 Å². The highest BCUT2D eigenvalue weighted by molar-refractivity contribution is 6.01. The first kappa shape index (κ1) is 22.2. The van der Waals surface area contributed by atoms with Gasteiger partial charge in [-0.05, 0) is 65.2 Å². The van der Waals surface area contributed by atoms with Crippen LogP contribution < -0.4 is 5.32 Å². The number of anilines is 1. The Morgan fingerprint density at radius 3 is 2.07 bits per heavy atom. The topological polar surface area (TPSA) is 97.5 Å². The Morgan fingerprint density at radius 1 is 0.931 bits per heavy atom. The number of rotatable bonds is 6. The number of para-hydroxylation sites is 1. The van der Waals surface area contributed by atoms with E-state index >= 15 is 0 Å². The van der Waals surface area contributed by atoms with Gasteiger partial charge in [-0.15, -0.1) is 0 Å². The molecule has 1 aromatic heterocycles. The second-order valence-electron chi connectivity index (χ2n) is 7.38. The van der Waals surface area contributed by atoms with E-state index in [2.05, 4.69) is 10.3 Å². The predicted molar refractivity (Wildman–Crippen MR) is 110 cm³/mol. The van der Waals surface area contributed by atoms with E-state index in [0.717, 1.165) is 11.1 Å². The number of hydrogen-bond donors (Lipinski definition) is 2. The summed E-state index contributed by atoms with van der Waals surface area (Å²) in [7, 11) is 0. The van der Waals surface area contributed by atoms with Crippen LogP contribution >= 0.6 is 0 Å². The van der Waals surface area contributed by atoms with Crippen molar-refractivity contribution in [3.05, 3.63) is 51.8 Å². The van der Waals surface area contributed by atoms with Gasteiger partial charge in [0.15, 0.2) is 6.10 Å². The molecular weight excluding hydrogens is 372 g/mol. The van der Waals surface area contributed by atoms with E-state index in [1.165, 1.54) is 6.92 Å². The molecule has 2 aromatic rings. The summed E-state index contributed by atoms with van der Waals surface area (Å²) in [5.41, 5.74) is 3.91. The molecule has 0 spiro atoms. The van der Waals surface area contributed by atoms with Crippen molar-refractivity contribution in [3.8, 4) is 0 Å². The van der Waals surface area contributed by atoms with Crippen molar-refractivity contribution in [1.29, 1.82) is 0 Å². The van der Waals surface area contributed by atoms with Gasteiger partial charge in [0.2, 0.25) is 0 Å². The van der Waals surface area contributed by atoms with Crippen LogP contribution in [0.2, 0.25) is 0 Å². The molecule has 2 N–H and O–H groups in total. The first-order valence-corrected chi connectivity index (χ1v) is 9.51. The average molecular weight is 400 g/mol. The number of aromatic amines is 1. The van der Waals surface area contributed by atoms with Crippen LogP contribution in [0.25, 0.3) is 0 Å². The number of aryl methyl sites for hydroxylation is 3. The van der Waals surface area contributed by atoms with Crippen LogP contribution in [0.1, 0.15) is 64.0 Å². The summed E-state index contributed by atoms with van der Waals surface area (Å²) in [5.74, 6) is -1.65. The summed E-state index contributed by atoms with van der Waals surface area (Å²) in [6.07, 6.45) is -1.30. The fourth-order valence-corrected chi connectivity index (χ4v) is 3.04. The molecule has 29 heavy (non-hydrogen) atoms. The monoisotopic (exact) mass is 400 g/mol. The highest BCUT2D eigenvalue weighted by Crippen LogP contribution is 2.22. The minimum absolute atomic E-state index is 0.130. The Labute approximate surface area is 170 Å². The van der Waals surface area contributed by atoms with Crippen LogP contribution in [-0.2, 0) is 14.3 Å². The summed E-state index contributed by atoms with van der Waals surface area (Å²) >= 11 is 0. The third-order valence-corrected chi connectivity index (χ3v) is 4.57. The van der Waals surface area contributed by atoms with E-state index in [1.807, 2.05) is 32.0 Å². The molecule has 0 bridgehead atoms. The second-order valence-corrected chi connectivity index (χ2v) is 7.38. The third-order valence-electron chi connectivity index (χ3n) is 4.57. The van der Waals surface area contributed by atoms with Crippen molar-refractivity contribution in [2.45, 2.75) is 60.7 Å².